The summed E-state index contributed by atoms with van der Waals surface area (Å²) in [5.41, 5.74) is 1.80. The van der Waals surface area contributed by atoms with Gasteiger partial charge in [-0.3, -0.25) is 14.5 Å². The summed E-state index contributed by atoms with van der Waals surface area (Å²) < 4.78 is 31.8. The summed E-state index contributed by atoms with van der Waals surface area (Å²) >= 11 is 0. The van der Waals surface area contributed by atoms with Crippen molar-refractivity contribution in [2.45, 2.75) is 19.0 Å². The lowest BCUT2D eigenvalue weighted by Crippen LogP contribution is -2.49. The van der Waals surface area contributed by atoms with E-state index in [9.17, 15) is 18.4 Å². The maximum atomic E-state index is 13.7. The van der Waals surface area contributed by atoms with Gasteiger partial charge in [-0.05, 0) is 29.7 Å². The molecule has 1 aliphatic heterocycles. The zero-order valence-corrected chi connectivity index (χ0v) is 14.2. The zero-order chi connectivity index (χ0) is 18.7. The van der Waals surface area contributed by atoms with Crippen LogP contribution < -0.4 is 5.32 Å². The predicted octanol–water partition coefficient (Wildman–Crippen LogP) is 2.50. The molecule has 2 aromatic rings. The maximum Gasteiger partial charge on any atom is 0.323 e. The van der Waals surface area contributed by atoms with E-state index in [1.54, 1.807) is 4.90 Å². The summed E-state index contributed by atoms with van der Waals surface area (Å²) in [4.78, 5) is 26.1. The van der Waals surface area contributed by atoms with Crippen LogP contribution >= 0.6 is 0 Å². The van der Waals surface area contributed by atoms with E-state index in [4.69, 9.17) is 4.74 Å². The third kappa shape index (κ3) is 3.88. The highest BCUT2D eigenvalue weighted by molar-refractivity contribution is 5.92. The average Bonchev–Trinajstić information content (AvgIpc) is 2.63. The number of hydrogen-bond acceptors (Lipinski definition) is 4. The Balaban J connectivity index is 1.76. The van der Waals surface area contributed by atoms with Crippen molar-refractivity contribution in [3.63, 3.8) is 0 Å². The number of rotatable bonds is 4. The van der Waals surface area contributed by atoms with Crippen LogP contribution in [0.25, 0.3) is 0 Å². The number of nitrogens with zero attached hydrogens (tertiary/aromatic N) is 1. The van der Waals surface area contributed by atoms with Gasteiger partial charge >= 0.3 is 5.97 Å². The van der Waals surface area contributed by atoms with E-state index in [0.717, 1.165) is 29.3 Å². The zero-order valence-electron chi connectivity index (χ0n) is 14.2. The number of anilines is 1. The SMILES string of the molecule is COC(=O)[C@H]1Cc2ccccc2CN1CC(=O)Nc1cc(F)ccc1F. The van der Waals surface area contributed by atoms with Gasteiger partial charge in [-0.25, -0.2) is 8.78 Å². The number of methoxy groups -OCH3 is 1. The molecule has 1 atom stereocenters. The van der Waals surface area contributed by atoms with Crippen LogP contribution in [-0.2, 0) is 27.3 Å². The molecule has 0 fully saturated rings. The Morgan fingerprint density at radius 3 is 2.65 bits per heavy atom. The summed E-state index contributed by atoms with van der Waals surface area (Å²) in [5.74, 6) is -2.36. The molecule has 1 heterocycles. The van der Waals surface area contributed by atoms with Crippen LogP contribution in [0.3, 0.4) is 0 Å². The van der Waals surface area contributed by atoms with Crippen molar-refractivity contribution < 1.29 is 23.1 Å². The van der Waals surface area contributed by atoms with Gasteiger partial charge in [0.2, 0.25) is 5.91 Å². The van der Waals surface area contributed by atoms with Crippen LogP contribution in [0.1, 0.15) is 11.1 Å². The third-order valence-electron chi connectivity index (χ3n) is 4.37. The lowest BCUT2D eigenvalue weighted by atomic mass is 9.94. The summed E-state index contributed by atoms with van der Waals surface area (Å²) in [6, 6.07) is 9.86. The van der Waals surface area contributed by atoms with Gasteiger partial charge in [-0.1, -0.05) is 24.3 Å². The number of ether oxygens (including phenoxy) is 1. The van der Waals surface area contributed by atoms with Gasteiger partial charge in [0.15, 0.2) is 0 Å². The van der Waals surface area contributed by atoms with Crippen molar-refractivity contribution in [1.82, 2.24) is 4.90 Å². The fourth-order valence-electron chi connectivity index (χ4n) is 3.08. The van der Waals surface area contributed by atoms with Gasteiger partial charge in [-0.2, -0.15) is 0 Å². The van der Waals surface area contributed by atoms with Crippen LogP contribution in [0.4, 0.5) is 14.5 Å². The molecule has 3 rings (SSSR count). The number of carbonyl (C=O) groups is 2. The molecule has 136 valence electrons. The smallest absolute Gasteiger partial charge is 0.323 e. The minimum Gasteiger partial charge on any atom is -0.468 e. The van der Waals surface area contributed by atoms with Gasteiger partial charge in [0, 0.05) is 12.6 Å². The van der Waals surface area contributed by atoms with Gasteiger partial charge in [0.1, 0.15) is 17.7 Å². The number of halogens is 2. The first kappa shape index (κ1) is 18.0. The molecule has 0 saturated heterocycles. The Morgan fingerprint density at radius 2 is 1.92 bits per heavy atom. The fourth-order valence-corrected chi connectivity index (χ4v) is 3.08. The molecule has 26 heavy (non-hydrogen) atoms. The number of benzene rings is 2. The molecule has 0 radical (unpaired) electrons. The molecular formula is C19H18F2N2O3. The lowest BCUT2D eigenvalue weighted by Gasteiger charge is -2.34. The van der Waals surface area contributed by atoms with E-state index in [0.29, 0.717) is 13.0 Å². The van der Waals surface area contributed by atoms with E-state index in [1.807, 2.05) is 24.3 Å². The van der Waals surface area contributed by atoms with Crippen LogP contribution in [-0.4, -0.2) is 36.5 Å². The van der Waals surface area contributed by atoms with E-state index in [1.165, 1.54) is 7.11 Å². The van der Waals surface area contributed by atoms with E-state index >= 15 is 0 Å². The molecule has 0 unspecified atom stereocenters. The second-order valence-corrected chi connectivity index (χ2v) is 6.09. The first-order chi connectivity index (χ1) is 12.5. The summed E-state index contributed by atoms with van der Waals surface area (Å²) in [6.07, 6.45) is 0.421. The van der Waals surface area contributed by atoms with Gasteiger partial charge < -0.3 is 10.1 Å². The Labute approximate surface area is 149 Å². The second-order valence-electron chi connectivity index (χ2n) is 6.09. The minimum absolute atomic E-state index is 0.149. The van der Waals surface area contributed by atoms with Crippen molar-refractivity contribution in [1.29, 1.82) is 0 Å². The van der Waals surface area contributed by atoms with Crippen LogP contribution in [0.2, 0.25) is 0 Å². The Bertz CT molecular complexity index is 841. The number of carbonyl (C=O) groups excluding carboxylic acids is 2. The molecular weight excluding hydrogens is 342 g/mol. The molecule has 2 aromatic carbocycles. The summed E-state index contributed by atoms with van der Waals surface area (Å²) in [7, 11) is 1.29. The van der Waals surface area contributed by atoms with Gasteiger partial charge in [0.05, 0.1) is 19.3 Å². The molecule has 1 N–H and O–H groups in total. The topological polar surface area (TPSA) is 58.6 Å². The van der Waals surface area contributed by atoms with Gasteiger partial charge in [-0.15, -0.1) is 0 Å². The molecule has 1 aliphatic rings. The number of esters is 1. The molecule has 7 heteroatoms. The number of nitrogens with one attached hydrogen (secondary N) is 1. The van der Waals surface area contributed by atoms with Crippen molar-refractivity contribution >= 4 is 17.6 Å². The van der Waals surface area contributed by atoms with E-state index in [2.05, 4.69) is 5.32 Å². The highest BCUT2D eigenvalue weighted by Crippen LogP contribution is 2.24. The standard InChI is InChI=1S/C19H18F2N2O3/c1-26-19(25)17-8-12-4-2-3-5-13(12)10-23(17)11-18(24)22-16-9-14(20)6-7-15(16)21/h2-7,9,17H,8,10-11H2,1H3,(H,22,24)/t17-/m1/s1. The highest BCUT2D eigenvalue weighted by atomic mass is 19.1. The highest BCUT2D eigenvalue weighted by Gasteiger charge is 2.33. The van der Waals surface area contributed by atoms with Crippen molar-refractivity contribution in [2.75, 3.05) is 19.0 Å². The third-order valence-corrected chi connectivity index (χ3v) is 4.37. The molecule has 0 spiro atoms. The predicted molar refractivity (Wildman–Crippen MR) is 91.3 cm³/mol. The normalized spacial score (nSPS) is 16.7. The van der Waals surface area contributed by atoms with E-state index < -0.39 is 29.6 Å². The molecule has 5 nitrogen and oxygen atoms in total. The van der Waals surface area contributed by atoms with E-state index in [-0.39, 0.29) is 12.2 Å². The average molecular weight is 360 g/mol. The molecule has 0 bridgehead atoms. The van der Waals surface area contributed by atoms with Crippen molar-refractivity contribution in [2.24, 2.45) is 0 Å². The van der Waals surface area contributed by atoms with Crippen LogP contribution in [0.15, 0.2) is 42.5 Å². The number of fused-ring (bicyclic) bond motifs is 1. The second kappa shape index (κ2) is 7.61. The molecule has 0 saturated carbocycles. The Hall–Kier alpha value is -2.80. The minimum atomic E-state index is -0.728. The van der Waals surface area contributed by atoms with Crippen LogP contribution in [0, 0.1) is 11.6 Å². The van der Waals surface area contributed by atoms with Crippen molar-refractivity contribution in [3.05, 3.63) is 65.2 Å². The van der Waals surface area contributed by atoms with Crippen molar-refractivity contribution in [3.8, 4) is 0 Å². The first-order valence-electron chi connectivity index (χ1n) is 8.11. The molecule has 1 amide bonds. The van der Waals surface area contributed by atoms with Gasteiger partial charge in [0.25, 0.3) is 0 Å². The monoisotopic (exact) mass is 360 g/mol. The quantitative estimate of drug-likeness (QED) is 0.852. The largest absolute Gasteiger partial charge is 0.468 e. The molecule has 0 aliphatic carbocycles. The molecule has 0 aromatic heterocycles. The van der Waals surface area contributed by atoms with Crippen LogP contribution in [0.5, 0.6) is 0 Å². The maximum absolute atomic E-state index is 13.7. The number of amides is 1. The summed E-state index contributed by atoms with van der Waals surface area (Å²) in [5, 5.41) is 2.35. The lowest BCUT2D eigenvalue weighted by molar-refractivity contribution is -0.148. The fraction of sp³-hybridized carbons (Fsp3) is 0.263. The number of hydrogen-bond donors (Lipinski definition) is 1. The summed E-state index contributed by atoms with van der Waals surface area (Å²) in [6.45, 7) is 0.235. The Kier molecular flexibility index (Phi) is 5.27. The Morgan fingerprint density at radius 1 is 1.19 bits per heavy atom. The first-order valence-corrected chi connectivity index (χ1v) is 8.11.